The van der Waals surface area contributed by atoms with Gasteiger partial charge in [0, 0.05) is 19.4 Å². The van der Waals surface area contributed by atoms with Crippen LogP contribution in [0.15, 0.2) is 18.2 Å². The lowest BCUT2D eigenvalue weighted by molar-refractivity contribution is -0.203. The smallest absolute Gasteiger partial charge is 0.161 e. The average Bonchev–Trinajstić information content (AvgIpc) is 2.50. The minimum Gasteiger partial charge on any atom is -0.497 e. The predicted octanol–water partition coefficient (Wildman–Crippen LogP) is 2.21. The Bertz CT molecular complexity index is 499. The average molecular weight is 294 g/mol. The summed E-state index contributed by atoms with van der Waals surface area (Å²) < 4.78 is 21.6. The molecule has 1 aromatic carbocycles. The molecule has 0 amide bonds. The summed E-state index contributed by atoms with van der Waals surface area (Å²) in [4.78, 5) is 11.9. The number of ketones is 1. The van der Waals surface area contributed by atoms with Gasteiger partial charge in [0.1, 0.15) is 17.6 Å². The number of carbonyl (C=O) groups is 1. The molecule has 116 valence electrons. The van der Waals surface area contributed by atoms with Crippen LogP contribution in [-0.4, -0.2) is 39.5 Å². The highest BCUT2D eigenvalue weighted by molar-refractivity contribution is 5.83. The van der Waals surface area contributed by atoms with Crippen LogP contribution in [0.2, 0.25) is 0 Å². The quantitative estimate of drug-likeness (QED) is 0.833. The Morgan fingerprint density at radius 3 is 2.62 bits per heavy atom. The SMILES string of the molecule is COc1ccc(OC)c(C[C@@H]2CC(=O)[C@H](C)O[C@H]2OC)c1. The van der Waals surface area contributed by atoms with Crippen molar-refractivity contribution in [3.8, 4) is 11.5 Å². The van der Waals surface area contributed by atoms with Gasteiger partial charge in [-0.25, -0.2) is 0 Å². The van der Waals surface area contributed by atoms with Crippen LogP contribution in [0.5, 0.6) is 11.5 Å². The molecule has 1 aliphatic rings. The highest BCUT2D eigenvalue weighted by Crippen LogP contribution is 2.31. The van der Waals surface area contributed by atoms with Crippen molar-refractivity contribution < 1.29 is 23.7 Å². The molecule has 0 aliphatic carbocycles. The van der Waals surface area contributed by atoms with E-state index in [1.54, 1.807) is 28.3 Å². The monoisotopic (exact) mass is 294 g/mol. The summed E-state index contributed by atoms with van der Waals surface area (Å²) in [6.07, 6.45) is 0.296. The maximum atomic E-state index is 11.9. The third kappa shape index (κ3) is 3.54. The molecule has 1 aliphatic heterocycles. The molecule has 0 N–H and O–H groups in total. The van der Waals surface area contributed by atoms with Crippen LogP contribution in [-0.2, 0) is 20.7 Å². The van der Waals surface area contributed by atoms with Gasteiger partial charge in [0.15, 0.2) is 12.1 Å². The molecule has 0 bridgehead atoms. The summed E-state index contributed by atoms with van der Waals surface area (Å²) in [6.45, 7) is 1.76. The number of carbonyl (C=O) groups excluding carboxylic acids is 1. The summed E-state index contributed by atoms with van der Waals surface area (Å²) in [6, 6.07) is 5.64. The van der Waals surface area contributed by atoms with E-state index in [4.69, 9.17) is 18.9 Å². The molecule has 0 unspecified atom stereocenters. The zero-order chi connectivity index (χ0) is 15.4. The van der Waals surface area contributed by atoms with Crippen molar-refractivity contribution in [2.24, 2.45) is 5.92 Å². The molecule has 3 atom stereocenters. The fourth-order valence-corrected chi connectivity index (χ4v) is 2.65. The Labute approximate surface area is 125 Å². The largest absolute Gasteiger partial charge is 0.497 e. The third-order valence-electron chi connectivity index (χ3n) is 3.84. The molecule has 0 spiro atoms. The maximum Gasteiger partial charge on any atom is 0.161 e. The Balaban J connectivity index is 2.21. The second-order valence-corrected chi connectivity index (χ2v) is 5.19. The maximum absolute atomic E-state index is 11.9. The van der Waals surface area contributed by atoms with Gasteiger partial charge in [-0.1, -0.05) is 0 Å². The van der Waals surface area contributed by atoms with Crippen LogP contribution < -0.4 is 9.47 Å². The Morgan fingerprint density at radius 2 is 2.00 bits per heavy atom. The fourth-order valence-electron chi connectivity index (χ4n) is 2.65. The molecule has 0 saturated carbocycles. The second-order valence-electron chi connectivity index (χ2n) is 5.19. The summed E-state index contributed by atoms with van der Waals surface area (Å²) in [5, 5.41) is 0. The van der Waals surface area contributed by atoms with E-state index >= 15 is 0 Å². The summed E-state index contributed by atoms with van der Waals surface area (Å²) >= 11 is 0. The van der Waals surface area contributed by atoms with Crippen LogP contribution in [0, 0.1) is 5.92 Å². The Kier molecular flexibility index (Phi) is 5.20. The molecule has 2 rings (SSSR count). The summed E-state index contributed by atoms with van der Waals surface area (Å²) in [5.74, 6) is 1.61. The van der Waals surface area contributed by atoms with E-state index in [1.165, 1.54) is 0 Å². The first-order chi connectivity index (χ1) is 10.1. The second kappa shape index (κ2) is 6.91. The number of hydrogen-bond donors (Lipinski definition) is 0. The van der Waals surface area contributed by atoms with Crippen molar-refractivity contribution >= 4 is 5.78 Å². The van der Waals surface area contributed by atoms with Crippen LogP contribution >= 0.6 is 0 Å². The first-order valence-electron chi connectivity index (χ1n) is 7.01. The van der Waals surface area contributed by atoms with Gasteiger partial charge in [0.2, 0.25) is 0 Å². The number of methoxy groups -OCH3 is 3. The van der Waals surface area contributed by atoms with Crippen LogP contribution in [0.4, 0.5) is 0 Å². The van der Waals surface area contributed by atoms with Gasteiger partial charge < -0.3 is 18.9 Å². The third-order valence-corrected chi connectivity index (χ3v) is 3.84. The van der Waals surface area contributed by atoms with Crippen molar-refractivity contribution in [3.05, 3.63) is 23.8 Å². The molecule has 5 heteroatoms. The fraction of sp³-hybridized carbons (Fsp3) is 0.562. The van der Waals surface area contributed by atoms with Crippen molar-refractivity contribution in [1.29, 1.82) is 0 Å². The normalized spacial score (nSPS) is 25.7. The molecule has 5 nitrogen and oxygen atoms in total. The lowest BCUT2D eigenvalue weighted by Crippen LogP contribution is -2.42. The highest BCUT2D eigenvalue weighted by Gasteiger charge is 2.35. The zero-order valence-corrected chi connectivity index (χ0v) is 12.9. The molecule has 1 saturated heterocycles. The molecular weight excluding hydrogens is 272 g/mol. The van der Waals surface area contributed by atoms with Gasteiger partial charge in [-0.15, -0.1) is 0 Å². The van der Waals surface area contributed by atoms with Crippen molar-refractivity contribution in [2.75, 3.05) is 21.3 Å². The molecule has 1 heterocycles. The number of hydrogen-bond acceptors (Lipinski definition) is 5. The molecule has 1 fully saturated rings. The van der Waals surface area contributed by atoms with Crippen molar-refractivity contribution in [1.82, 2.24) is 0 Å². The predicted molar refractivity (Wildman–Crippen MR) is 77.7 cm³/mol. The lowest BCUT2D eigenvalue weighted by Gasteiger charge is -2.33. The standard InChI is InChI=1S/C16H22O5/c1-10-14(17)9-12(16(20-4)21-10)7-11-8-13(18-2)5-6-15(11)19-3/h5-6,8,10,12,16H,7,9H2,1-4H3/t10-,12+,16+/m0/s1. The van der Waals surface area contributed by atoms with E-state index in [1.807, 2.05) is 18.2 Å². The van der Waals surface area contributed by atoms with Crippen molar-refractivity contribution in [2.45, 2.75) is 32.2 Å². The van der Waals surface area contributed by atoms with Gasteiger partial charge >= 0.3 is 0 Å². The summed E-state index contributed by atoms with van der Waals surface area (Å²) in [7, 11) is 4.85. The van der Waals surface area contributed by atoms with Gasteiger partial charge in [-0.3, -0.25) is 4.79 Å². The van der Waals surface area contributed by atoms with Crippen molar-refractivity contribution in [3.63, 3.8) is 0 Å². The zero-order valence-electron chi connectivity index (χ0n) is 12.9. The summed E-state index contributed by atoms with van der Waals surface area (Å²) in [5.41, 5.74) is 0.981. The first-order valence-corrected chi connectivity index (χ1v) is 7.01. The Morgan fingerprint density at radius 1 is 1.24 bits per heavy atom. The molecule has 21 heavy (non-hydrogen) atoms. The first kappa shape index (κ1) is 15.8. The van der Waals surface area contributed by atoms with Gasteiger partial charge in [0.25, 0.3) is 0 Å². The van der Waals surface area contributed by atoms with Crippen LogP contribution in [0.1, 0.15) is 18.9 Å². The number of ether oxygens (including phenoxy) is 4. The van der Waals surface area contributed by atoms with E-state index < -0.39 is 6.10 Å². The number of Topliss-reactive ketones (excluding diaryl/α,β-unsaturated/α-hetero) is 1. The molecule has 0 radical (unpaired) electrons. The van der Waals surface area contributed by atoms with E-state index in [0.717, 1.165) is 17.1 Å². The molecule has 0 aromatic heterocycles. The van der Waals surface area contributed by atoms with E-state index in [9.17, 15) is 4.79 Å². The van der Waals surface area contributed by atoms with E-state index in [2.05, 4.69) is 0 Å². The van der Waals surface area contributed by atoms with Crippen LogP contribution in [0.3, 0.4) is 0 Å². The van der Waals surface area contributed by atoms with Gasteiger partial charge in [-0.05, 0) is 37.1 Å². The van der Waals surface area contributed by atoms with E-state index in [-0.39, 0.29) is 18.0 Å². The number of benzene rings is 1. The lowest BCUT2D eigenvalue weighted by atomic mass is 9.89. The van der Waals surface area contributed by atoms with Gasteiger partial charge in [0.05, 0.1) is 14.2 Å². The Hall–Kier alpha value is -1.59. The number of rotatable bonds is 5. The molecular formula is C16H22O5. The topological polar surface area (TPSA) is 54.0 Å². The van der Waals surface area contributed by atoms with E-state index in [0.29, 0.717) is 12.8 Å². The van der Waals surface area contributed by atoms with Gasteiger partial charge in [-0.2, -0.15) is 0 Å². The molecule has 1 aromatic rings. The minimum atomic E-state index is -0.404. The highest BCUT2D eigenvalue weighted by atomic mass is 16.7. The minimum absolute atomic E-state index is 0.0280. The van der Waals surface area contributed by atoms with Crippen LogP contribution in [0.25, 0.3) is 0 Å².